The third-order valence-corrected chi connectivity index (χ3v) is 8.48. The molecular formula is C43H36O4. The molecule has 0 amide bonds. The first-order valence-electron chi connectivity index (χ1n) is 15.7. The van der Waals surface area contributed by atoms with Crippen molar-refractivity contribution in [1.29, 1.82) is 0 Å². The number of hydrogen-bond donors (Lipinski definition) is 0. The summed E-state index contributed by atoms with van der Waals surface area (Å²) in [7, 11) is 0. The lowest BCUT2D eigenvalue weighted by Gasteiger charge is -2.26. The van der Waals surface area contributed by atoms with Crippen LogP contribution in [-0.4, -0.2) is 11.6 Å². The summed E-state index contributed by atoms with van der Waals surface area (Å²) in [5, 5.41) is 0. The molecule has 0 fully saturated rings. The molecule has 4 heteroatoms. The van der Waals surface area contributed by atoms with Crippen molar-refractivity contribution >= 4 is 11.6 Å². The highest BCUT2D eigenvalue weighted by atomic mass is 16.5. The van der Waals surface area contributed by atoms with Crippen molar-refractivity contribution in [2.75, 3.05) is 0 Å². The Kier molecular flexibility index (Phi) is 8.86. The molecule has 0 heterocycles. The largest absolute Gasteiger partial charge is 0.457 e. The average molecular weight is 617 g/mol. The first kappa shape index (κ1) is 31.3. The Bertz CT molecular complexity index is 1840. The molecule has 4 nitrogen and oxygen atoms in total. The number of ketones is 2. The number of benzene rings is 6. The van der Waals surface area contributed by atoms with Gasteiger partial charge in [0.25, 0.3) is 0 Å². The number of hydrogen-bond acceptors (Lipinski definition) is 4. The lowest BCUT2D eigenvalue weighted by molar-refractivity contribution is 0.103. The van der Waals surface area contributed by atoms with Gasteiger partial charge < -0.3 is 9.47 Å². The third kappa shape index (κ3) is 7.23. The van der Waals surface area contributed by atoms with Crippen LogP contribution in [0, 0.1) is 13.8 Å². The highest BCUT2D eigenvalue weighted by molar-refractivity contribution is 6.09. The van der Waals surface area contributed by atoms with Crippen LogP contribution in [0.15, 0.2) is 146 Å². The fraction of sp³-hybridized carbons (Fsp3) is 0.116. The molecule has 232 valence electrons. The van der Waals surface area contributed by atoms with Crippen molar-refractivity contribution in [2.45, 2.75) is 33.1 Å². The van der Waals surface area contributed by atoms with E-state index in [0.29, 0.717) is 33.8 Å². The Labute approximate surface area is 276 Å². The molecular weight excluding hydrogens is 580 g/mol. The summed E-state index contributed by atoms with van der Waals surface area (Å²) in [6, 6.07) is 45.8. The molecule has 0 saturated carbocycles. The molecule has 0 unspecified atom stereocenters. The summed E-state index contributed by atoms with van der Waals surface area (Å²) in [5.74, 6) is 2.75. The molecule has 6 rings (SSSR count). The van der Waals surface area contributed by atoms with Gasteiger partial charge in [-0.25, -0.2) is 0 Å². The predicted molar refractivity (Wildman–Crippen MR) is 187 cm³/mol. The van der Waals surface area contributed by atoms with E-state index in [1.54, 1.807) is 24.3 Å². The van der Waals surface area contributed by atoms with Crippen molar-refractivity contribution in [2.24, 2.45) is 0 Å². The van der Waals surface area contributed by atoms with E-state index in [1.807, 2.05) is 111 Å². The topological polar surface area (TPSA) is 52.6 Å². The SMILES string of the molecule is Cc1ccc(C(=O)c2ccc(Oc3ccc(C(C)(C)c4ccc(Oc5ccc(C(=O)c6ccc(C)cc6)cc5)cc4)cc3)cc2)cc1. The zero-order valence-electron chi connectivity index (χ0n) is 27.0. The molecule has 0 atom stereocenters. The van der Waals surface area contributed by atoms with Crippen LogP contribution >= 0.6 is 0 Å². The molecule has 6 aromatic rings. The van der Waals surface area contributed by atoms with E-state index < -0.39 is 0 Å². The molecule has 0 aromatic heterocycles. The number of carbonyl (C=O) groups excluding carboxylic acids is 2. The summed E-state index contributed by atoms with van der Waals surface area (Å²) in [6.45, 7) is 8.38. The quantitative estimate of drug-likeness (QED) is 0.144. The van der Waals surface area contributed by atoms with Crippen LogP contribution in [0.2, 0.25) is 0 Å². The molecule has 0 aliphatic carbocycles. The van der Waals surface area contributed by atoms with Crippen LogP contribution in [0.3, 0.4) is 0 Å². The number of ether oxygens (including phenoxy) is 2. The maximum atomic E-state index is 12.8. The van der Waals surface area contributed by atoms with Crippen molar-refractivity contribution in [1.82, 2.24) is 0 Å². The van der Waals surface area contributed by atoms with E-state index in [0.717, 1.165) is 33.8 Å². The van der Waals surface area contributed by atoms with Crippen molar-refractivity contribution in [3.05, 3.63) is 190 Å². The lowest BCUT2D eigenvalue weighted by atomic mass is 9.78. The van der Waals surface area contributed by atoms with E-state index >= 15 is 0 Å². The van der Waals surface area contributed by atoms with Gasteiger partial charge in [-0.2, -0.15) is 0 Å². The fourth-order valence-corrected chi connectivity index (χ4v) is 5.41. The Hall–Kier alpha value is -5.74. The molecule has 0 bridgehead atoms. The van der Waals surface area contributed by atoms with Crippen LogP contribution in [-0.2, 0) is 5.41 Å². The standard InChI is InChI=1S/C43H36O4/c1-29-5-9-31(10-6-29)41(44)33-13-21-37(22-14-33)46-39-25-17-35(18-26-39)43(3,4)36-19-27-40(28-20-36)47-38-23-15-34(16-24-38)42(45)32-11-7-30(2)8-12-32/h5-28H,1-4H3. The lowest BCUT2D eigenvalue weighted by Crippen LogP contribution is -2.18. The summed E-state index contributed by atoms with van der Waals surface area (Å²) in [4.78, 5) is 25.6. The highest BCUT2D eigenvalue weighted by Gasteiger charge is 2.23. The summed E-state index contributed by atoms with van der Waals surface area (Å²) in [5.41, 5.74) is 6.86. The van der Waals surface area contributed by atoms with E-state index in [9.17, 15) is 9.59 Å². The van der Waals surface area contributed by atoms with E-state index in [-0.39, 0.29) is 17.0 Å². The zero-order chi connectivity index (χ0) is 33.0. The van der Waals surface area contributed by atoms with Gasteiger partial charge in [0.2, 0.25) is 0 Å². The van der Waals surface area contributed by atoms with E-state index in [2.05, 4.69) is 38.1 Å². The third-order valence-electron chi connectivity index (χ3n) is 8.48. The maximum Gasteiger partial charge on any atom is 0.193 e. The number of aryl methyl sites for hydroxylation is 2. The predicted octanol–water partition coefficient (Wildman–Crippen LogP) is 10.7. The summed E-state index contributed by atoms with van der Waals surface area (Å²) < 4.78 is 12.2. The van der Waals surface area contributed by atoms with Gasteiger partial charge in [0.15, 0.2) is 11.6 Å². The first-order chi connectivity index (χ1) is 22.7. The van der Waals surface area contributed by atoms with Gasteiger partial charge in [0, 0.05) is 27.7 Å². The van der Waals surface area contributed by atoms with Gasteiger partial charge in [0.1, 0.15) is 23.0 Å². The van der Waals surface area contributed by atoms with Gasteiger partial charge in [-0.3, -0.25) is 9.59 Å². The minimum atomic E-state index is -0.257. The van der Waals surface area contributed by atoms with Gasteiger partial charge in [-0.15, -0.1) is 0 Å². The van der Waals surface area contributed by atoms with Crippen LogP contribution in [0.1, 0.15) is 67.9 Å². The molecule has 0 aliphatic rings. The minimum absolute atomic E-state index is 0.0105. The number of carbonyl (C=O) groups is 2. The second-order valence-corrected chi connectivity index (χ2v) is 12.3. The average Bonchev–Trinajstić information content (AvgIpc) is 3.09. The Morgan fingerprint density at radius 1 is 0.383 bits per heavy atom. The van der Waals surface area contributed by atoms with Crippen molar-refractivity contribution in [3.8, 4) is 23.0 Å². The van der Waals surface area contributed by atoms with Crippen LogP contribution < -0.4 is 9.47 Å². The van der Waals surface area contributed by atoms with E-state index in [1.165, 1.54) is 0 Å². The molecule has 0 spiro atoms. The van der Waals surface area contributed by atoms with Crippen LogP contribution in [0.4, 0.5) is 0 Å². The Morgan fingerprint density at radius 2 is 0.617 bits per heavy atom. The van der Waals surface area contributed by atoms with Crippen LogP contribution in [0.5, 0.6) is 23.0 Å². The molecule has 0 aliphatic heterocycles. The molecule has 0 N–H and O–H groups in total. The molecule has 0 radical (unpaired) electrons. The normalized spacial score (nSPS) is 11.1. The fourth-order valence-electron chi connectivity index (χ4n) is 5.41. The molecule has 47 heavy (non-hydrogen) atoms. The summed E-state index contributed by atoms with van der Waals surface area (Å²) in [6.07, 6.45) is 0. The number of rotatable bonds is 10. The molecule has 0 saturated heterocycles. The van der Waals surface area contributed by atoms with Crippen molar-refractivity contribution < 1.29 is 19.1 Å². The second-order valence-electron chi connectivity index (χ2n) is 12.3. The Balaban J connectivity index is 1.06. The maximum absolute atomic E-state index is 12.8. The minimum Gasteiger partial charge on any atom is -0.457 e. The van der Waals surface area contributed by atoms with Gasteiger partial charge in [-0.05, 0) is 97.8 Å². The van der Waals surface area contributed by atoms with Crippen molar-refractivity contribution in [3.63, 3.8) is 0 Å². The van der Waals surface area contributed by atoms with Gasteiger partial charge >= 0.3 is 0 Å². The van der Waals surface area contributed by atoms with E-state index in [4.69, 9.17) is 9.47 Å². The monoisotopic (exact) mass is 616 g/mol. The Morgan fingerprint density at radius 3 is 0.894 bits per heavy atom. The first-order valence-corrected chi connectivity index (χ1v) is 15.7. The smallest absolute Gasteiger partial charge is 0.193 e. The second kappa shape index (κ2) is 13.3. The zero-order valence-corrected chi connectivity index (χ0v) is 27.0. The summed E-state index contributed by atoms with van der Waals surface area (Å²) >= 11 is 0. The van der Waals surface area contributed by atoms with Crippen LogP contribution in [0.25, 0.3) is 0 Å². The molecule has 6 aromatic carbocycles. The van der Waals surface area contributed by atoms with Gasteiger partial charge in [0.05, 0.1) is 0 Å². The highest BCUT2D eigenvalue weighted by Crippen LogP contribution is 2.35. The van der Waals surface area contributed by atoms with Gasteiger partial charge in [-0.1, -0.05) is 97.8 Å².